The molecular formula is C14H23N3O. The van der Waals surface area contributed by atoms with Crippen molar-refractivity contribution >= 4 is 5.82 Å². The van der Waals surface area contributed by atoms with Crippen LogP contribution >= 0.6 is 0 Å². The zero-order valence-electron chi connectivity index (χ0n) is 11.7. The van der Waals surface area contributed by atoms with Gasteiger partial charge in [0.1, 0.15) is 5.82 Å². The van der Waals surface area contributed by atoms with Crippen molar-refractivity contribution in [2.45, 2.75) is 32.4 Å². The molecule has 0 saturated carbocycles. The number of rotatable bonds is 2. The van der Waals surface area contributed by atoms with E-state index >= 15 is 0 Å². The fraction of sp³-hybridized carbons (Fsp3) is 0.643. The third kappa shape index (κ3) is 2.49. The molecule has 18 heavy (non-hydrogen) atoms. The summed E-state index contributed by atoms with van der Waals surface area (Å²) in [4.78, 5) is 9.11. The van der Waals surface area contributed by atoms with Crippen molar-refractivity contribution in [3.8, 4) is 0 Å². The van der Waals surface area contributed by atoms with Gasteiger partial charge >= 0.3 is 0 Å². The van der Waals surface area contributed by atoms with Crippen LogP contribution in [0.4, 0.5) is 5.82 Å². The Bertz CT molecular complexity index is 417. The first-order valence-electron chi connectivity index (χ1n) is 6.51. The summed E-state index contributed by atoms with van der Waals surface area (Å²) in [5, 5.41) is 9.84. The van der Waals surface area contributed by atoms with E-state index < -0.39 is 6.10 Å². The highest BCUT2D eigenvalue weighted by Crippen LogP contribution is 2.28. The molecule has 2 rings (SSSR count). The van der Waals surface area contributed by atoms with Crippen LogP contribution in [0.15, 0.2) is 18.3 Å². The number of aliphatic hydroxyl groups is 1. The van der Waals surface area contributed by atoms with Crippen LogP contribution in [0.2, 0.25) is 0 Å². The lowest BCUT2D eigenvalue weighted by atomic mass is 9.99. The third-order valence-corrected chi connectivity index (χ3v) is 3.88. The number of hydrogen-bond donors (Lipinski definition) is 1. The Kier molecular flexibility index (Phi) is 3.59. The Morgan fingerprint density at radius 1 is 1.39 bits per heavy atom. The van der Waals surface area contributed by atoms with Crippen molar-refractivity contribution < 1.29 is 5.11 Å². The molecule has 4 heteroatoms. The van der Waals surface area contributed by atoms with Gasteiger partial charge in [-0.15, -0.1) is 0 Å². The van der Waals surface area contributed by atoms with Gasteiger partial charge in [-0.1, -0.05) is 6.07 Å². The minimum absolute atomic E-state index is 0.131. The quantitative estimate of drug-likeness (QED) is 0.865. The van der Waals surface area contributed by atoms with Gasteiger partial charge in [-0.05, 0) is 33.9 Å². The van der Waals surface area contributed by atoms with Gasteiger partial charge in [-0.3, -0.25) is 4.90 Å². The van der Waals surface area contributed by atoms with Gasteiger partial charge in [0.15, 0.2) is 0 Å². The highest BCUT2D eigenvalue weighted by Gasteiger charge is 2.32. The van der Waals surface area contributed by atoms with Crippen molar-refractivity contribution in [3.63, 3.8) is 0 Å². The highest BCUT2D eigenvalue weighted by atomic mass is 16.3. The van der Waals surface area contributed by atoms with E-state index in [-0.39, 0.29) is 5.54 Å². The molecule has 1 fully saturated rings. The van der Waals surface area contributed by atoms with Gasteiger partial charge in [0.05, 0.1) is 6.10 Å². The maximum Gasteiger partial charge on any atom is 0.134 e. The number of piperazine rings is 1. The molecule has 2 heterocycles. The molecule has 1 N–H and O–H groups in total. The number of hydrogen-bond acceptors (Lipinski definition) is 4. The van der Waals surface area contributed by atoms with Gasteiger partial charge in [0.25, 0.3) is 0 Å². The Morgan fingerprint density at radius 2 is 2.11 bits per heavy atom. The summed E-state index contributed by atoms with van der Waals surface area (Å²) in [6.07, 6.45) is 1.32. The Hall–Kier alpha value is -1.13. The fourth-order valence-electron chi connectivity index (χ4n) is 2.42. The molecule has 100 valence electrons. The molecule has 1 saturated heterocycles. The van der Waals surface area contributed by atoms with E-state index in [4.69, 9.17) is 0 Å². The molecule has 1 aromatic heterocycles. The predicted molar refractivity (Wildman–Crippen MR) is 73.8 cm³/mol. The van der Waals surface area contributed by atoms with Crippen LogP contribution in [0.25, 0.3) is 0 Å². The normalized spacial score (nSPS) is 21.9. The average Bonchev–Trinajstić information content (AvgIpc) is 2.32. The molecule has 0 bridgehead atoms. The maximum absolute atomic E-state index is 9.84. The van der Waals surface area contributed by atoms with E-state index in [2.05, 4.69) is 35.7 Å². The monoisotopic (exact) mass is 249 g/mol. The lowest BCUT2D eigenvalue weighted by Gasteiger charge is -2.46. The summed E-state index contributed by atoms with van der Waals surface area (Å²) in [5.74, 6) is 0.925. The number of pyridine rings is 1. The minimum atomic E-state index is -0.475. The molecule has 0 amide bonds. The largest absolute Gasteiger partial charge is 0.389 e. The van der Waals surface area contributed by atoms with Gasteiger partial charge in [-0.2, -0.15) is 0 Å². The summed E-state index contributed by atoms with van der Waals surface area (Å²) in [6.45, 7) is 9.18. The molecular weight excluding hydrogens is 226 g/mol. The fourth-order valence-corrected chi connectivity index (χ4v) is 2.42. The first-order valence-corrected chi connectivity index (χ1v) is 6.51. The van der Waals surface area contributed by atoms with E-state index in [1.807, 2.05) is 12.1 Å². The van der Waals surface area contributed by atoms with E-state index in [0.29, 0.717) is 0 Å². The number of anilines is 1. The number of aliphatic hydroxyl groups excluding tert-OH is 1. The smallest absolute Gasteiger partial charge is 0.134 e. The summed E-state index contributed by atoms with van der Waals surface area (Å²) >= 11 is 0. The maximum atomic E-state index is 9.84. The second kappa shape index (κ2) is 4.86. The molecule has 0 aliphatic carbocycles. The molecule has 1 atom stereocenters. The molecule has 0 aromatic carbocycles. The molecule has 0 radical (unpaired) electrons. The standard InChI is InChI=1S/C14H23N3O/c1-11(18)12-6-5-7-15-13(12)17-9-8-16(4)14(2,3)10-17/h5-7,11,18H,8-10H2,1-4H3/t11-/m1/s1. The summed E-state index contributed by atoms with van der Waals surface area (Å²) in [6, 6.07) is 3.84. The van der Waals surface area contributed by atoms with Gasteiger partial charge in [0, 0.05) is 36.9 Å². The second-order valence-electron chi connectivity index (χ2n) is 5.75. The summed E-state index contributed by atoms with van der Waals surface area (Å²) < 4.78 is 0. The zero-order valence-corrected chi connectivity index (χ0v) is 11.7. The second-order valence-corrected chi connectivity index (χ2v) is 5.75. The van der Waals surface area contributed by atoms with Crippen LogP contribution in [-0.2, 0) is 0 Å². The zero-order chi connectivity index (χ0) is 13.3. The lowest BCUT2D eigenvalue weighted by molar-refractivity contribution is 0.137. The predicted octanol–water partition coefficient (Wildman–Crippen LogP) is 1.67. The van der Waals surface area contributed by atoms with E-state index in [9.17, 15) is 5.11 Å². The van der Waals surface area contributed by atoms with Crippen LogP contribution in [0, 0.1) is 0 Å². The van der Waals surface area contributed by atoms with Crippen molar-refractivity contribution in [3.05, 3.63) is 23.9 Å². The van der Waals surface area contributed by atoms with Crippen LogP contribution in [-0.4, -0.2) is 47.2 Å². The van der Waals surface area contributed by atoms with E-state index in [0.717, 1.165) is 31.0 Å². The topological polar surface area (TPSA) is 39.6 Å². The van der Waals surface area contributed by atoms with Crippen LogP contribution in [0.3, 0.4) is 0 Å². The summed E-state index contributed by atoms with van der Waals surface area (Å²) in [5.41, 5.74) is 1.05. The molecule has 1 aromatic rings. The summed E-state index contributed by atoms with van der Waals surface area (Å²) in [7, 11) is 2.16. The first-order chi connectivity index (χ1) is 8.42. The van der Waals surface area contributed by atoms with Crippen molar-refractivity contribution in [1.82, 2.24) is 9.88 Å². The van der Waals surface area contributed by atoms with Crippen LogP contribution < -0.4 is 4.90 Å². The van der Waals surface area contributed by atoms with Crippen molar-refractivity contribution in [2.24, 2.45) is 0 Å². The SMILES string of the molecule is C[C@@H](O)c1cccnc1N1CCN(C)C(C)(C)C1. The van der Waals surface area contributed by atoms with Crippen LogP contribution in [0.1, 0.15) is 32.4 Å². The molecule has 4 nitrogen and oxygen atoms in total. The number of aromatic nitrogens is 1. The van der Waals surface area contributed by atoms with Crippen LogP contribution in [0.5, 0.6) is 0 Å². The van der Waals surface area contributed by atoms with E-state index in [1.54, 1.807) is 13.1 Å². The number of likely N-dealkylation sites (N-methyl/N-ethyl adjacent to an activating group) is 1. The van der Waals surface area contributed by atoms with E-state index in [1.165, 1.54) is 0 Å². The molecule has 1 aliphatic rings. The Labute approximate surface area is 109 Å². The average molecular weight is 249 g/mol. The number of nitrogens with zero attached hydrogens (tertiary/aromatic N) is 3. The Morgan fingerprint density at radius 3 is 2.72 bits per heavy atom. The molecule has 0 unspecified atom stereocenters. The van der Waals surface area contributed by atoms with Gasteiger partial charge in [0.2, 0.25) is 0 Å². The van der Waals surface area contributed by atoms with Gasteiger partial charge in [-0.25, -0.2) is 4.98 Å². The molecule has 1 aliphatic heterocycles. The first kappa shape index (κ1) is 13.3. The van der Waals surface area contributed by atoms with Crippen molar-refractivity contribution in [2.75, 3.05) is 31.6 Å². The minimum Gasteiger partial charge on any atom is -0.389 e. The third-order valence-electron chi connectivity index (χ3n) is 3.88. The molecule has 0 spiro atoms. The lowest BCUT2D eigenvalue weighted by Crippen LogP contribution is -2.58. The van der Waals surface area contributed by atoms with Gasteiger partial charge < -0.3 is 10.0 Å². The Balaban J connectivity index is 2.27. The highest BCUT2D eigenvalue weighted by molar-refractivity contribution is 5.48. The van der Waals surface area contributed by atoms with Crippen molar-refractivity contribution in [1.29, 1.82) is 0 Å².